The lowest BCUT2D eigenvalue weighted by molar-refractivity contribution is -0.131. The highest BCUT2D eigenvalue weighted by atomic mass is 16.2. The zero-order valence-corrected chi connectivity index (χ0v) is 17.3. The van der Waals surface area contributed by atoms with Crippen molar-refractivity contribution in [3.63, 3.8) is 0 Å². The number of likely N-dealkylation sites (tertiary alicyclic amines) is 1. The molecule has 2 amide bonds. The SMILES string of the molecule is CC(C)CC(=O)N1CCCN(c2ccc(N)cc2C(=O)N2CCCCC2)CC1. The number of piperidine rings is 1. The van der Waals surface area contributed by atoms with E-state index in [9.17, 15) is 9.59 Å². The van der Waals surface area contributed by atoms with Gasteiger partial charge in [0, 0.05) is 57.1 Å². The third-order valence-electron chi connectivity index (χ3n) is 5.67. The largest absolute Gasteiger partial charge is 0.399 e. The number of nitrogens with two attached hydrogens (primary N) is 1. The van der Waals surface area contributed by atoms with E-state index >= 15 is 0 Å². The number of anilines is 2. The van der Waals surface area contributed by atoms with Gasteiger partial charge in [0.25, 0.3) is 5.91 Å². The number of hydrogen-bond acceptors (Lipinski definition) is 4. The van der Waals surface area contributed by atoms with Crippen LogP contribution in [0.15, 0.2) is 18.2 Å². The molecule has 28 heavy (non-hydrogen) atoms. The lowest BCUT2D eigenvalue weighted by atomic mass is 10.1. The van der Waals surface area contributed by atoms with Crippen LogP contribution in [0.5, 0.6) is 0 Å². The van der Waals surface area contributed by atoms with Gasteiger partial charge in [-0.25, -0.2) is 0 Å². The van der Waals surface area contributed by atoms with Gasteiger partial charge in [0.2, 0.25) is 5.91 Å². The summed E-state index contributed by atoms with van der Waals surface area (Å²) in [6.45, 7) is 8.88. The second-order valence-corrected chi connectivity index (χ2v) is 8.45. The molecule has 0 radical (unpaired) electrons. The van der Waals surface area contributed by atoms with Crippen LogP contribution in [0, 0.1) is 5.92 Å². The summed E-state index contributed by atoms with van der Waals surface area (Å²) < 4.78 is 0. The molecule has 2 fully saturated rings. The highest BCUT2D eigenvalue weighted by molar-refractivity contribution is 6.00. The first-order valence-corrected chi connectivity index (χ1v) is 10.7. The molecule has 2 heterocycles. The molecule has 6 heteroatoms. The normalized spacial score (nSPS) is 18.3. The fourth-order valence-electron chi connectivity index (χ4n) is 4.15. The number of benzene rings is 1. The maximum Gasteiger partial charge on any atom is 0.256 e. The van der Waals surface area contributed by atoms with E-state index in [0.29, 0.717) is 30.1 Å². The average Bonchev–Trinajstić information content (AvgIpc) is 2.94. The Morgan fingerprint density at radius 1 is 0.929 bits per heavy atom. The minimum absolute atomic E-state index is 0.0824. The van der Waals surface area contributed by atoms with Gasteiger partial charge < -0.3 is 20.4 Å². The van der Waals surface area contributed by atoms with Crippen LogP contribution >= 0.6 is 0 Å². The standard InChI is InChI=1S/C22H34N4O2/c1-17(2)15-21(27)25-12-6-11-24(13-14-25)20-8-7-18(23)16-19(20)22(28)26-9-4-3-5-10-26/h7-8,16-17H,3-6,9-15,23H2,1-2H3. The van der Waals surface area contributed by atoms with Crippen molar-refractivity contribution in [2.45, 2.75) is 46.0 Å². The number of carbonyl (C=O) groups excluding carboxylic acids is 2. The number of rotatable bonds is 4. The molecule has 2 N–H and O–H groups in total. The molecule has 1 aromatic rings. The van der Waals surface area contributed by atoms with Crippen molar-refractivity contribution in [1.82, 2.24) is 9.80 Å². The second-order valence-electron chi connectivity index (χ2n) is 8.45. The monoisotopic (exact) mass is 386 g/mol. The maximum absolute atomic E-state index is 13.2. The zero-order chi connectivity index (χ0) is 20.1. The van der Waals surface area contributed by atoms with Crippen molar-refractivity contribution >= 4 is 23.2 Å². The first kappa shape index (κ1) is 20.5. The van der Waals surface area contributed by atoms with Crippen molar-refractivity contribution in [3.05, 3.63) is 23.8 Å². The summed E-state index contributed by atoms with van der Waals surface area (Å²) in [6.07, 6.45) is 4.84. The highest BCUT2D eigenvalue weighted by Gasteiger charge is 2.25. The molecular formula is C22H34N4O2. The van der Waals surface area contributed by atoms with Crippen LogP contribution in [0.3, 0.4) is 0 Å². The van der Waals surface area contributed by atoms with E-state index in [2.05, 4.69) is 18.7 Å². The minimum Gasteiger partial charge on any atom is -0.399 e. The van der Waals surface area contributed by atoms with Crippen molar-refractivity contribution in [2.75, 3.05) is 49.9 Å². The summed E-state index contributed by atoms with van der Waals surface area (Å²) in [5.41, 5.74) is 8.28. The lowest BCUT2D eigenvalue weighted by Gasteiger charge is -2.30. The van der Waals surface area contributed by atoms with Gasteiger partial charge in [-0.05, 0) is 49.8 Å². The van der Waals surface area contributed by atoms with Crippen LogP contribution in [0.4, 0.5) is 11.4 Å². The molecule has 0 saturated carbocycles. The van der Waals surface area contributed by atoms with Crippen LogP contribution in [0.1, 0.15) is 56.3 Å². The van der Waals surface area contributed by atoms with E-state index in [-0.39, 0.29) is 11.8 Å². The molecule has 1 aromatic carbocycles. The predicted molar refractivity (Wildman–Crippen MR) is 113 cm³/mol. The molecule has 0 atom stereocenters. The number of hydrogen-bond donors (Lipinski definition) is 1. The van der Waals surface area contributed by atoms with E-state index in [1.165, 1.54) is 6.42 Å². The molecular weight excluding hydrogens is 352 g/mol. The van der Waals surface area contributed by atoms with Crippen molar-refractivity contribution in [2.24, 2.45) is 5.92 Å². The van der Waals surface area contributed by atoms with Crippen molar-refractivity contribution < 1.29 is 9.59 Å². The summed E-state index contributed by atoms with van der Waals surface area (Å²) in [4.78, 5) is 31.8. The number of nitrogen functional groups attached to an aromatic ring is 1. The third kappa shape index (κ3) is 4.97. The number of carbonyl (C=O) groups is 2. The Labute approximate surface area is 168 Å². The van der Waals surface area contributed by atoms with Crippen LogP contribution in [-0.2, 0) is 4.79 Å². The lowest BCUT2D eigenvalue weighted by Crippen LogP contribution is -2.38. The molecule has 0 aliphatic carbocycles. The minimum atomic E-state index is 0.0824. The number of nitrogens with zero attached hydrogens (tertiary/aromatic N) is 3. The smallest absolute Gasteiger partial charge is 0.256 e. The summed E-state index contributed by atoms with van der Waals surface area (Å²) in [5.74, 6) is 0.690. The van der Waals surface area contributed by atoms with Crippen LogP contribution in [-0.4, -0.2) is 60.9 Å². The van der Waals surface area contributed by atoms with Gasteiger partial charge in [0.05, 0.1) is 5.56 Å². The van der Waals surface area contributed by atoms with Crippen molar-refractivity contribution in [3.8, 4) is 0 Å². The molecule has 0 spiro atoms. The molecule has 2 aliphatic heterocycles. The Morgan fingerprint density at radius 3 is 2.36 bits per heavy atom. The highest BCUT2D eigenvalue weighted by Crippen LogP contribution is 2.27. The summed E-state index contributed by atoms with van der Waals surface area (Å²) >= 11 is 0. The average molecular weight is 387 g/mol. The maximum atomic E-state index is 13.2. The topological polar surface area (TPSA) is 69.9 Å². The van der Waals surface area contributed by atoms with Gasteiger partial charge in [0.15, 0.2) is 0 Å². The Balaban J connectivity index is 1.76. The van der Waals surface area contributed by atoms with Gasteiger partial charge in [-0.2, -0.15) is 0 Å². The van der Waals surface area contributed by atoms with Crippen LogP contribution < -0.4 is 10.6 Å². The van der Waals surface area contributed by atoms with E-state index < -0.39 is 0 Å². The molecule has 3 rings (SSSR count). The fourth-order valence-corrected chi connectivity index (χ4v) is 4.15. The predicted octanol–water partition coefficient (Wildman–Crippen LogP) is 2.98. The Hall–Kier alpha value is -2.24. The first-order chi connectivity index (χ1) is 13.5. The van der Waals surface area contributed by atoms with Gasteiger partial charge in [-0.3, -0.25) is 9.59 Å². The van der Waals surface area contributed by atoms with Gasteiger partial charge in [-0.15, -0.1) is 0 Å². The van der Waals surface area contributed by atoms with Crippen LogP contribution in [0.25, 0.3) is 0 Å². The molecule has 154 valence electrons. The molecule has 2 aliphatic rings. The van der Waals surface area contributed by atoms with E-state index in [0.717, 1.165) is 57.7 Å². The Bertz CT molecular complexity index is 698. The second kappa shape index (κ2) is 9.30. The van der Waals surface area contributed by atoms with E-state index in [1.54, 1.807) is 0 Å². The molecule has 0 bridgehead atoms. The molecule has 2 saturated heterocycles. The third-order valence-corrected chi connectivity index (χ3v) is 5.67. The van der Waals surface area contributed by atoms with E-state index in [1.807, 2.05) is 28.0 Å². The fraction of sp³-hybridized carbons (Fsp3) is 0.636. The Morgan fingerprint density at radius 2 is 1.64 bits per heavy atom. The molecule has 0 aromatic heterocycles. The van der Waals surface area contributed by atoms with Crippen molar-refractivity contribution in [1.29, 1.82) is 0 Å². The summed E-state index contributed by atoms with van der Waals surface area (Å²) in [7, 11) is 0. The first-order valence-electron chi connectivity index (χ1n) is 10.7. The van der Waals surface area contributed by atoms with Gasteiger partial charge in [0.1, 0.15) is 0 Å². The molecule has 0 unspecified atom stereocenters. The summed E-state index contributed by atoms with van der Waals surface area (Å²) in [6, 6.07) is 5.66. The summed E-state index contributed by atoms with van der Waals surface area (Å²) in [5, 5.41) is 0. The number of amides is 2. The van der Waals surface area contributed by atoms with Gasteiger partial charge in [-0.1, -0.05) is 13.8 Å². The van der Waals surface area contributed by atoms with Crippen LogP contribution in [0.2, 0.25) is 0 Å². The van der Waals surface area contributed by atoms with E-state index in [4.69, 9.17) is 5.73 Å². The molecule has 6 nitrogen and oxygen atoms in total. The quantitative estimate of drug-likeness (QED) is 0.808. The Kier molecular flexibility index (Phi) is 6.81. The van der Waals surface area contributed by atoms with Gasteiger partial charge >= 0.3 is 0 Å². The zero-order valence-electron chi connectivity index (χ0n) is 17.3.